The van der Waals surface area contributed by atoms with E-state index in [-0.39, 0.29) is 11.7 Å². The van der Waals surface area contributed by atoms with Gasteiger partial charge in [-0.15, -0.1) is 0 Å². The molecule has 0 radical (unpaired) electrons. The van der Waals surface area contributed by atoms with Gasteiger partial charge in [-0.3, -0.25) is 9.69 Å². The van der Waals surface area contributed by atoms with Crippen LogP contribution in [0.2, 0.25) is 0 Å². The highest BCUT2D eigenvalue weighted by atomic mass is 79.9. The molecule has 1 aliphatic heterocycles. The minimum Gasteiger partial charge on any atom is -0.491 e. The van der Waals surface area contributed by atoms with Gasteiger partial charge in [0.2, 0.25) is 0 Å². The first-order valence-corrected chi connectivity index (χ1v) is 10.2. The van der Waals surface area contributed by atoms with Gasteiger partial charge in [-0.1, -0.05) is 0 Å². The summed E-state index contributed by atoms with van der Waals surface area (Å²) in [6.07, 6.45) is -0.901. The third-order valence-corrected chi connectivity index (χ3v) is 5.53. The van der Waals surface area contributed by atoms with Crippen LogP contribution < -0.4 is 15.0 Å². The SMILES string of the molecule is Cc1cc(C)c(CN2CCOc3c(Br)cc(OC(C)C)c(C)c3C2O)c(=O)[nH]1. The smallest absolute Gasteiger partial charge is 0.252 e. The molecule has 0 amide bonds. The number of hydrogen-bond donors (Lipinski definition) is 2. The Labute approximate surface area is 173 Å². The van der Waals surface area contributed by atoms with Crippen molar-refractivity contribution in [2.24, 2.45) is 0 Å². The molecule has 1 atom stereocenters. The van der Waals surface area contributed by atoms with Crippen LogP contribution in [-0.4, -0.2) is 34.2 Å². The van der Waals surface area contributed by atoms with E-state index in [1.807, 2.05) is 51.7 Å². The number of aliphatic hydroxyl groups is 1. The summed E-state index contributed by atoms with van der Waals surface area (Å²) in [6, 6.07) is 3.83. The van der Waals surface area contributed by atoms with Crippen LogP contribution in [0.15, 0.2) is 21.4 Å². The van der Waals surface area contributed by atoms with Crippen molar-refractivity contribution in [3.8, 4) is 11.5 Å². The number of aromatic nitrogens is 1. The Morgan fingerprint density at radius 1 is 1.36 bits per heavy atom. The number of aliphatic hydroxyl groups excluding tert-OH is 1. The zero-order chi connectivity index (χ0) is 20.6. The van der Waals surface area contributed by atoms with Gasteiger partial charge in [0.15, 0.2) is 0 Å². The molecule has 0 spiro atoms. The van der Waals surface area contributed by atoms with Crippen LogP contribution in [0.4, 0.5) is 0 Å². The van der Waals surface area contributed by atoms with Crippen LogP contribution in [0, 0.1) is 20.8 Å². The lowest BCUT2D eigenvalue weighted by molar-refractivity contribution is -0.00310. The van der Waals surface area contributed by atoms with Gasteiger partial charge in [0.25, 0.3) is 5.56 Å². The molecule has 0 saturated heterocycles. The summed E-state index contributed by atoms with van der Waals surface area (Å²) in [4.78, 5) is 17.2. The lowest BCUT2D eigenvalue weighted by Gasteiger charge is -2.28. The molecule has 2 heterocycles. The molecule has 2 aromatic rings. The standard InChI is InChI=1S/C21H27BrN2O4/c1-11(2)28-17-9-16(22)19-18(14(17)5)21(26)24(6-7-27-19)10-15-12(3)8-13(4)23-20(15)25/h8-9,11,21,26H,6-7,10H2,1-5H3,(H,23,25). The predicted octanol–water partition coefficient (Wildman–Crippen LogP) is 3.74. The van der Waals surface area contributed by atoms with E-state index in [0.717, 1.165) is 21.3 Å². The summed E-state index contributed by atoms with van der Waals surface area (Å²) in [5.74, 6) is 1.33. The summed E-state index contributed by atoms with van der Waals surface area (Å²) in [5, 5.41) is 11.2. The normalized spacial score (nSPS) is 17.2. The molecule has 2 N–H and O–H groups in total. The lowest BCUT2D eigenvalue weighted by atomic mass is 10.0. The fourth-order valence-corrected chi connectivity index (χ4v) is 4.11. The molecule has 0 fully saturated rings. The van der Waals surface area contributed by atoms with Crippen LogP contribution in [-0.2, 0) is 6.54 Å². The molecule has 6 nitrogen and oxygen atoms in total. The van der Waals surface area contributed by atoms with E-state index < -0.39 is 6.23 Å². The van der Waals surface area contributed by atoms with Gasteiger partial charge in [-0.05, 0) is 68.2 Å². The number of rotatable bonds is 4. The maximum atomic E-state index is 12.4. The number of H-pyrrole nitrogens is 1. The first kappa shape index (κ1) is 20.9. The van der Waals surface area contributed by atoms with Crippen molar-refractivity contribution in [2.45, 2.75) is 53.5 Å². The summed E-state index contributed by atoms with van der Waals surface area (Å²) < 4.78 is 12.6. The number of pyridine rings is 1. The summed E-state index contributed by atoms with van der Waals surface area (Å²) >= 11 is 3.55. The van der Waals surface area contributed by atoms with E-state index in [1.165, 1.54) is 0 Å². The van der Waals surface area contributed by atoms with Gasteiger partial charge in [-0.25, -0.2) is 0 Å². The third-order valence-electron chi connectivity index (χ3n) is 4.94. The van der Waals surface area contributed by atoms with E-state index in [9.17, 15) is 9.90 Å². The molecule has 1 aliphatic rings. The fraction of sp³-hybridized carbons (Fsp3) is 0.476. The maximum Gasteiger partial charge on any atom is 0.252 e. The summed E-state index contributed by atoms with van der Waals surface area (Å²) in [6.45, 7) is 10.9. The Hall–Kier alpha value is -1.83. The van der Waals surface area contributed by atoms with Crippen molar-refractivity contribution in [3.63, 3.8) is 0 Å². The highest BCUT2D eigenvalue weighted by molar-refractivity contribution is 9.10. The van der Waals surface area contributed by atoms with Gasteiger partial charge < -0.3 is 19.6 Å². The van der Waals surface area contributed by atoms with Crippen LogP contribution in [0.3, 0.4) is 0 Å². The minimum absolute atomic E-state index is 0.0114. The minimum atomic E-state index is -0.912. The maximum absolute atomic E-state index is 12.4. The molecule has 0 bridgehead atoms. The van der Waals surface area contributed by atoms with Crippen molar-refractivity contribution in [1.82, 2.24) is 9.88 Å². The Kier molecular flexibility index (Phi) is 6.17. The lowest BCUT2D eigenvalue weighted by Crippen LogP contribution is -2.33. The van der Waals surface area contributed by atoms with Crippen LogP contribution >= 0.6 is 15.9 Å². The number of halogens is 1. The Morgan fingerprint density at radius 3 is 2.71 bits per heavy atom. The van der Waals surface area contributed by atoms with E-state index in [2.05, 4.69) is 20.9 Å². The van der Waals surface area contributed by atoms with E-state index in [0.29, 0.717) is 42.3 Å². The van der Waals surface area contributed by atoms with E-state index in [1.54, 1.807) is 0 Å². The van der Waals surface area contributed by atoms with Gasteiger partial charge in [0.1, 0.15) is 24.3 Å². The first-order chi connectivity index (χ1) is 13.2. The first-order valence-electron chi connectivity index (χ1n) is 9.43. The number of ether oxygens (including phenoxy) is 2. The number of hydrogen-bond acceptors (Lipinski definition) is 5. The van der Waals surface area contributed by atoms with Crippen molar-refractivity contribution in [3.05, 3.63) is 54.9 Å². The zero-order valence-electron chi connectivity index (χ0n) is 16.9. The molecule has 1 unspecified atom stereocenters. The number of nitrogens with one attached hydrogen (secondary N) is 1. The second-order valence-corrected chi connectivity index (χ2v) is 8.38. The Morgan fingerprint density at radius 2 is 2.07 bits per heavy atom. The average molecular weight is 451 g/mol. The third kappa shape index (κ3) is 4.11. The van der Waals surface area contributed by atoms with Crippen LogP contribution in [0.5, 0.6) is 11.5 Å². The van der Waals surface area contributed by atoms with Crippen molar-refractivity contribution >= 4 is 15.9 Å². The second kappa shape index (κ2) is 8.27. The molecule has 7 heteroatoms. The number of aryl methyl sites for hydroxylation is 2. The fourth-order valence-electron chi connectivity index (χ4n) is 3.57. The number of nitrogens with zero attached hydrogens (tertiary/aromatic N) is 1. The molecule has 28 heavy (non-hydrogen) atoms. The summed E-state index contributed by atoms with van der Waals surface area (Å²) in [5.41, 5.74) is 3.77. The van der Waals surface area contributed by atoms with Crippen LogP contribution in [0.25, 0.3) is 0 Å². The van der Waals surface area contributed by atoms with Gasteiger partial charge >= 0.3 is 0 Å². The highest BCUT2D eigenvalue weighted by Crippen LogP contribution is 2.43. The topological polar surface area (TPSA) is 74.8 Å². The molecule has 152 valence electrons. The molecule has 0 aliphatic carbocycles. The van der Waals surface area contributed by atoms with Crippen molar-refractivity contribution in [2.75, 3.05) is 13.2 Å². The molecule has 0 saturated carbocycles. The van der Waals surface area contributed by atoms with Gasteiger partial charge in [-0.2, -0.15) is 0 Å². The molecule has 1 aromatic carbocycles. The average Bonchev–Trinajstić information content (AvgIpc) is 2.75. The molecular weight excluding hydrogens is 424 g/mol. The van der Waals surface area contributed by atoms with Gasteiger partial charge in [0.05, 0.1) is 10.6 Å². The Balaban J connectivity index is 2.02. The number of fused-ring (bicyclic) bond motifs is 1. The largest absolute Gasteiger partial charge is 0.491 e. The number of benzene rings is 1. The predicted molar refractivity (Wildman–Crippen MR) is 112 cm³/mol. The number of aromatic amines is 1. The summed E-state index contributed by atoms with van der Waals surface area (Å²) in [7, 11) is 0. The molecule has 1 aromatic heterocycles. The van der Waals surface area contributed by atoms with Crippen LogP contribution in [0.1, 0.15) is 48.0 Å². The van der Waals surface area contributed by atoms with Crippen molar-refractivity contribution in [1.29, 1.82) is 0 Å². The van der Waals surface area contributed by atoms with E-state index >= 15 is 0 Å². The van der Waals surface area contributed by atoms with Gasteiger partial charge in [0, 0.05) is 35.5 Å². The van der Waals surface area contributed by atoms with Crippen molar-refractivity contribution < 1.29 is 14.6 Å². The zero-order valence-corrected chi connectivity index (χ0v) is 18.5. The quantitative estimate of drug-likeness (QED) is 0.741. The molecular formula is C21H27BrN2O4. The highest BCUT2D eigenvalue weighted by Gasteiger charge is 2.30. The molecule has 3 rings (SSSR count). The monoisotopic (exact) mass is 450 g/mol. The Bertz CT molecular complexity index is 939. The second-order valence-electron chi connectivity index (χ2n) is 7.53. The van der Waals surface area contributed by atoms with E-state index in [4.69, 9.17) is 9.47 Å².